The van der Waals surface area contributed by atoms with Gasteiger partial charge in [-0.15, -0.1) is 0 Å². The van der Waals surface area contributed by atoms with Gasteiger partial charge in [0.2, 0.25) is 0 Å². The van der Waals surface area contributed by atoms with Crippen molar-refractivity contribution >= 4 is 15.7 Å². The molecule has 0 unspecified atom stereocenters. The van der Waals surface area contributed by atoms with Crippen LogP contribution in [0.1, 0.15) is 5.56 Å². The third-order valence-corrected chi connectivity index (χ3v) is 3.86. The molecule has 0 aliphatic rings. The summed E-state index contributed by atoms with van der Waals surface area (Å²) in [6.07, 6.45) is 0. The minimum absolute atomic E-state index is 0.157. The molecule has 0 radical (unpaired) electrons. The molecule has 0 atom stereocenters. The summed E-state index contributed by atoms with van der Waals surface area (Å²) in [6.45, 7) is 0. The summed E-state index contributed by atoms with van der Waals surface area (Å²) >= 11 is 0. The summed E-state index contributed by atoms with van der Waals surface area (Å²) in [5.41, 5.74) is -0.549. The quantitative estimate of drug-likeness (QED) is 0.907. The number of nitrogens with one attached hydrogen (secondary N) is 1. The molecular weight excluding hydrogens is 283 g/mol. The van der Waals surface area contributed by atoms with E-state index in [9.17, 15) is 17.9 Å². The first kappa shape index (κ1) is 13.8. The van der Waals surface area contributed by atoms with Gasteiger partial charge in [0.25, 0.3) is 10.0 Å². The molecule has 0 aliphatic heterocycles. The monoisotopic (exact) mass is 292 g/mol. The van der Waals surface area contributed by atoms with Crippen molar-refractivity contribution in [2.75, 3.05) is 4.72 Å². The number of rotatable bonds is 3. The van der Waals surface area contributed by atoms with Crippen LogP contribution in [0.4, 0.5) is 10.1 Å². The summed E-state index contributed by atoms with van der Waals surface area (Å²) in [4.78, 5) is -0.189. The lowest BCUT2D eigenvalue weighted by Crippen LogP contribution is -2.14. The Morgan fingerprint density at radius 1 is 1.20 bits per heavy atom. The molecule has 102 valence electrons. The van der Waals surface area contributed by atoms with Gasteiger partial charge in [0, 0.05) is 6.07 Å². The van der Waals surface area contributed by atoms with E-state index in [2.05, 4.69) is 4.72 Å². The highest BCUT2D eigenvalue weighted by molar-refractivity contribution is 7.92. The van der Waals surface area contributed by atoms with E-state index in [-0.39, 0.29) is 16.3 Å². The van der Waals surface area contributed by atoms with E-state index in [4.69, 9.17) is 5.26 Å². The predicted octanol–water partition coefficient (Wildman–Crippen LogP) is 2.20. The number of sulfonamides is 1. The summed E-state index contributed by atoms with van der Waals surface area (Å²) in [5.74, 6) is -1.03. The Bertz CT molecular complexity index is 798. The molecular formula is C13H9FN2O3S. The van der Waals surface area contributed by atoms with E-state index < -0.39 is 21.4 Å². The lowest BCUT2D eigenvalue weighted by molar-refractivity contribution is 0.473. The average Bonchev–Trinajstić information content (AvgIpc) is 2.38. The molecule has 2 aromatic carbocycles. The van der Waals surface area contributed by atoms with Crippen LogP contribution in [0.15, 0.2) is 47.4 Å². The van der Waals surface area contributed by atoms with Crippen LogP contribution in [0.2, 0.25) is 0 Å². The van der Waals surface area contributed by atoms with Crippen LogP contribution < -0.4 is 4.72 Å². The Morgan fingerprint density at radius 3 is 2.55 bits per heavy atom. The summed E-state index contributed by atoms with van der Waals surface area (Å²) < 4.78 is 39.7. The summed E-state index contributed by atoms with van der Waals surface area (Å²) in [5, 5.41) is 18.1. The molecule has 0 aliphatic carbocycles. The second-order valence-corrected chi connectivity index (χ2v) is 5.56. The normalized spacial score (nSPS) is 10.8. The van der Waals surface area contributed by atoms with Crippen LogP contribution in [-0.4, -0.2) is 13.5 Å². The van der Waals surface area contributed by atoms with E-state index in [0.29, 0.717) is 0 Å². The molecule has 2 N–H and O–H groups in total. The van der Waals surface area contributed by atoms with Crippen molar-refractivity contribution in [3.63, 3.8) is 0 Å². The lowest BCUT2D eigenvalue weighted by atomic mass is 10.2. The highest BCUT2D eigenvalue weighted by Gasteiger charge is 2.18. The number of anilines is 1. The first-order valence-electron chi connectivity index (χ1n) is 5.44. The van der Waals surface area contributed by atoms with Crippen molar-refractivity contribution in [1.29, 1.82) is 5.26 Å². The predicted molar refractivity (Wildman–Crippen MR) is 70.0 cm³/mol. The molecule has 5 nitrogen and oxygen atoms in total. The van der Waals surface area contributed by atoms with Crippen LogP contribution in [-0.2, 0) is 10.0 Å². The number of hydrogen-bond donors (Lipinski definition) is 2. The zero-order valence-electron chi connectivity index (χ0n) is 10.0. The van der Waals surface area contributed by atoms with Gasteiger partial charge in [0.15, 0.2) is 0 Å². The highest BCUT2D eigenvalue weighted by Crippen LogP contribution is 2.23. The Labute approximate surface area is 115 Å². The highest BCUT2D eigenvalue weighted by atomic mass is 32.2. The van der Waals surface area contributed by atoms with Gasteiger partial charge in [-0.2, -0.15) is 5.26 Å². The third-order valence-electron chi connectivity index (χ3n) is 2.50. The number of nitrogens with zero attached hydrogens (tertiary/aromatic N) is 1. The Balaban J connectivity index is 2.45. The van der Waals surface area contributed by atoms with Gasteiger partial charge in [-0.25, -0.2) is 12.8 Å². The maximum Gasteiger partial charge on any atom is 0.262 e. The van der Waals surface area contributed by atoms with Gasteiger partial charge in [-0.3, -0.25) is 4.72 Å². The average molecular weight is 292 g/mol. The minimum Gasteiger partial charge on any atom is -0.508 e. The molecule has 0 fully saturated rings. The summed E-state index contributed by atoms with van der Waals surface area (Å²) in [7, 11) is -4.01. The van der Waals surface area contributed by atoms with Gasteiger partial charge in [0.1, 0.15) is 23.2 Å². The van der Waals surface area contributed by atoms with Crippen molar-refractivity contribution in [2.24, 2.45) is 0 Å². The fraction of sp³-hybridized carbons (Fsp3) is 0. The van der Waals surface area contributed by atoms with E-state index in [1.54, 1.807) is 6.07 Å². The number of benzene rings is 2. The van der Waals surface area contributed by atoms with E-state index >= 15 is 0 Å². The Morgan fingerprint density at radius 2 is 1.90 bits per heavy atom. The van der Waals surface area contributed by atoms with Gasteiger partial charge in [-0.05, 0) is 24.3 Å². The number of aromatic hydroxyl groups is 1. The first-order chi connectivity index (χ1) is 9.44. The number of hydrogen-bond acceptors (Lipinski definition) is 4. The van der Waals surface area contributed by atoms with Crippen molar-refractivity contribution in [2.45, 2.75) is 4.90 Å². The standard InChI is InChI=1S/C13H9FN2O3S/c14-12-5-2-6-13(11(12)8-15)16-20(18,19)10-4-1-3-9(17)7-10/h1-7,16-17H. The maximum absolute atomic E-state index is 13.4. The van der Waals surface area contributed by atoms with Gasteiger partial charge in [0.05, 0.1) is 10.6 Å². The fourth-order valence-corrected chi connectivity index (χ4v) is 2.69. The van der Waals surface area contributed by atoms with Crippen LogP contribution in [0.25, 0.3) is 0 Å². The molecule has 0 bridgehead atoms. The topological polar surface area (TPSA) is 90.2 Å². The minimum atomic E-state index is -4.01. The molecule has 0 spiro atoms. The fourth-order valence-electron chi connectivity index (χ4n) is 1.58. The van der Waals surface area contributed by atoms with Crippen LogP contribution in [0, 0.1) is 17.1 Å². The van der Waals surface area contributed by atoms with Crippen molar-refractivity contribution in [3.8, 4) is 11.8 Å². The van der Waals surface area contributed by atoms with Gasteiger partial charge < -0.3 is 5.11 Å². The molecule has 20 heavy (non-hydrogen) atoms. The molecule has 2 rings (SSSR count). The Kier molecular flexibility index (Phi) is 3.59. The van der Waals surface area contributed by atoms with Crippen molar-refractivity contribution in [3.05, 3.63) is 53.8 Å². The molecule has 0 saturated carbocycles. The lowest BCUT2D eigenvalue weighted by Gasteiger charge is -2.10. The zero-order chi connectivity index (χ0) is 14.8. The number of halogens is 1. The van der Waals surface area contributed by atoms with Crippen LogP contribution in [0.3, 0.4) is 0 Å². The van der Waals surface area contributed by atoms with Crippen LogP contribution in [0.5, 0.6) is 5.75 Å². The van der Waals surface area contributed by atoms with Crippen molar-refractivity contribution < 1.29 is 17.9 Å². The SMILES string of the molecule is N#Cc1c(F)cccc1NS(=O)(=O)c1cccc(O)c1. The van der Waals surface area contributed by atoms with Gasteiger partial charge in [-0.1, -0.05) is 12.1 Å². The number of nitriles is 1. The molecule has 0 saturated heterocycles. The molecule has 0 amide bonds. The first-order valence-corrected chi connectivity index (χ1v) is 6.93. The molecule has 0 aromatic heterocycles. The molecule has 2 aromatic rings. The molecule has 0 heterocycles. The second-order valence-electron chi connectivity index (χ2n) is 3.88. The number of phenols is 1. The number of phenolic OH excluding ortho intramolecular Hbond substituents is 1. The van der Waals surface area contributed by atoms with E-state index in [1.165, 1.54) is 30.3 Å². The zero-order valence-corrected chi connectivity index (χ0v) is 10.9. The largest absolute Gasteiger partial charge is 0.508 e. The van der Waals surface area contributed by atoms with Crippen molar-refractivity contribution in [1.82, 2.24) is 0 Å². The second kappa shape index (κ2) is 5.19. The third kappa shape index (κ3) is 2.70. The smallest absolute Gasteiger partial charge is 0.262 e. The summed E-state index contributed by atoms with van der Waals surface area (Å²) in [6, 6.07) is 10.2. The maximum atomic E-state index is 13.4. The Hall–Kier alpha value is -2.59. The van der Waals surface area contributed by atoms with E-state index in [0.717, 1.165) is 12.1 Å². The molecule has 7 heteroatoms. The van der Waals surface area contributed by atoms with E-state index in [1.807, 2.05) is 0 Å². The van der Waals surface area contributed by atoms with Crippen LogP contribution >= 0.6 is 0 Å². The van der Waals surface area contributed by atoms with Gasteiger partial charge >= 0.3 is 0 Å².